The van der Waals surface area contributed by atoms with E-state index < -0.39 is 0 Å². The molecule has 0 spiro atoms. The second-order valence-electron chi connectivity index (χ2n) is 5.22. The van der Waals surface area contributed by atoms with Crippen LogP contribution in [0, 0.1) is 0 Å². The summed E-state index contributed by atoms with van der Waals surface area (Å²) in [5.41, 5.74) is 2.33. The number of rotatable bonds is 6. The molecule has 0 bridgehead atoms. The molecule has 2 rings (SSSR count). The summed E-state index contributed by atoms with van der Waals surface area (Å²) in [4.78, 5) is 6.74. The summed E-state index contributed by atoms with van der Waals surface area (Å²) in [7, 11) is 2.15. The summed E-state index contributed by atoms with van der Waals surface area (Å²) in [6.45, 7) is 7.07. The van der Waals surface area contributed by atoms with E-state index >= 15 is 0 Å². The van der Waals surface area contributed by atoms with E-state index in [9.17, 15) is 0 Å². The monoisotopic (exact) mass is 263 g/mol. The Morgan fingerprint density at radius 3 is 3.05 bits per heavy atom. The van der Waals surface area contributed by atoms with Gasteiger partial charge < -0.3 is 15.0 Å². The van der Waals surface area contributed by atoms with Crippen LogP contribution in [0.15, 0.2) is 18.3 Å². The zero-order chi connectivity index (χ0) is 13.7. The number of hydrogen-bond acceptors (Lipinski definition) is 4. The Balaban J connectivity index is 2.01. The fraction of sp³-hybridized carbons (Fsp3) is 0.667. The van der Waals surface area contributed by atoms with Crippen molar-refractivity contribution in [1.82, 2.24) is 10.3 Å². The van der Waals surface area contributed by atoms with Crippen LogP contribution in [0.2, 0.25) is 0 Å². The lowest BCUT2D eigenvalue weighted by atomic mass is 10.1. The van der Waals surface area contributed by atoms with E-state index in [0.29, 0.717) is 12.1 Å². The minimum absolute atomic E-state index is 0.305. The maximum absolute atomic E-state index is 5.65. The molecule has 1 saturated heterocycles. The van der Waals surface area contributed by atoms with E-state index in [2.05, 4.69) is 48.2 Å². The number of nitrogens with one attached hydrogen (secondary N) is 1. The van der Waals surface area contributed by atoms with Crippen molar-refractivity contribution < 1.29 is 4.74 Å². The Morgan fingerprint density at radius 2 is 2.37 bits per heavy atom. The number of ether oxygens (including phenoxy) is 1. The van der Waals surface area contributed by atoms with Crippen LogP contribution in [-0.2, 0) is 11.3 Å². The molecule has 1 aliphatic rings. The van der Waals surface area contributed by atoms with E-state index in [-0.39, 0.29) is 0 Å². The van der Waals surface area contributed by atoms with Crippen molar-refractivity contribution >= 4 is 5.69 Å². The van der Waals surface area contributed by atoms with Gasteiger partial charge in [-0.15, -0.1) is 0 Å². The molecule has 2 atom stereocenters. The quantitative estimate of drug-likeness (QED) is 0.798. The zero-order valence-corrected chi connectivity index (χ0v) is 12.2. The predicted octanol–water partition coefficient (Wildman–Crippen LogP) is 2.19. The van der Waals surface area contributed by atoms with Gasteiger partial charge in [-0.25, -0.2) is 0 Å². The fourth-order valence-electron chi connectivity index (χ4n) is 2.60. The molecule has 0 aliphatic carbocycles. The van der Waals surface area contributed by atoms with Crippen LogP contribution in [0.4, 0.5) is 5.69 Å². The Hall–Kier alpha value is -1.13. The summed E-state index contributed by atoms with van der Waals surface area (Å²) in [5.74, 6) is 0. The third-order valence-electron chi connectivity index (χ3n) is 3.77. The maximum atomic E-state index is 5.65. The van der Waals surface area contributed by atoms with Crippen molar-refractivity contribution in [2.75, 3.05) is 25.1 Å². The van der Waals surface area contributed by atoms with Crippen molar-refractivity contribution in [3.8, 4) is 0 Å². The third kappa shape index (κ3) is 3.67. The highest BCUT2D eigenvalue weighted by atomic mass is 16.5. The minimum atomic E-state index is 0.305. The van der Waals surface area contributed by atoms with E-state index in [4.69, 9.17) is 4.74 Å². The second kappa shape index (κ2) is 6.87. The largest absolute Gasteiger partial charge is 0.376 e. The van der Waals surface area contributed by atoms with Crippen LogP contribution in [0.1, 0.15) is 32.4 Å². The van der Waals surface area contributed by atoms with Crippen molar-refractivity contribution in [1.29, 1.82) is 0 Å². The molecule has 0 aromatic carbocycles. The lowest BCUT2D eigenvalue weighted by Crippen LogP contribution is -2.36. The first kappa shape index (κ1) is 14.3. The van der Waals surface area contributed by atoms with Crippen molar-refractivity contribution in [2.45, 2.75) is 45.4 Å². The Kier molecular flexibility index (Phi) is 5.16. The smallest absolute Gasteiger partial charge is 0.0750 e. The molecule has 1 aliphatic heterocycles. The number of nitrogens with zero attached hydrogens (tertiary/aromatic N) is 2. The molecule has 0 radical (unpaired) electrons. The van der Waals surface area contributed by atoms with Gasteiger partial charge in [-0.2, -0.15) is 0 Å². The van der Waals surface area contributed by atoms with Gasteiger partial charge in [0.05, 0.1) is 17.8 Å². The van der Waals surface area contributed by atoms with Gasteiger partial charge in [-0.3, -0.25) is 4.98 Å². The number of hydrogen-bond donors (Lipinski definition) is 1. The van der Waals surface area contributed by atoms with E-state index in [1.165, 1.54) is 5.69 Å². The van der Waals surface area contributed by atoms with Crippen LogP contribution >= 0.6 is 0 Å². The van der Waals surface area contributed by atoms with Crippen LogP contribution in [0.25, 0.3) is 0 Å². The molecule has 1 aromatic heterocycles. The predicted molar refractivity (Wildman–Crippen MR) is 78.5 cm³/mol. The Bertz CT molecular complexity index is 397. The fourth-order valence-corrected chi connectivity index (χ4v) is 2.60. The molecule has 19 heavy (non-hydrogen) atoms. The van der Waals surface area contributed by atoms with E-state index in [0.717, 1.165) is 38.2 Å². The van der Waals surface area contributed by atoms with E-state index in [1.54, 1.807) is 0 Å². The topological polar surface area (TPSA) is 37.4 Å². The molecule has 2 unspecified atom stereocenters. The molecule has 0 saturated carbocycles. The number of likely N-dealkylation sites (N-methyl/N-ethyl adjacent to an activating group) is 1. The Morgan fingerprint density at radius 1 is 1.53 bits per heavy atom. The van der Waals surface area contributed by atoms with Crippen LogP contribution in [-0.4, -0.2) is 37.3 Å². The molecular formula is C15H25N3O. The minimum Gasteiger partial charge on any atom is -0.376 e. The average Bonchev–Trinajstić information content (AvgIpc) is 2.85. The highest BCUT2D eigenvalue weighted by Crippen LogP contribution is 2.24. The molecule has 0 amide bonds. The van der Waals surface area contributed by atoms with Crippen LogP contribution in [0.5, 0.6) is 0 Å². The zero-order valence-electron chi connectivity index (χ0n) is 12.2. The van der Waals surface area contributed by atoms with Gasteiger partial charge in [0.2, 0.25) is 0 Å². The van der Waals surface area contributed by atoms with Gasteiger partial charge in [0.1, 0.15) is 0 Å². The lowest BCUT2D eigenvalue weighted by Gasteiger charge is -2.29. The average molecular weight is 263 g/mol. The normalized spacial score (nSPS) is 22.7. The van der Waals surface area contributed by atoms with Crippen LogP contribution < -0.4 is 10.2 Å². The summed E-state index contributed by atoms with van der Waals surface area (Å²) in [6, 6.07) is 4.72. The van der Waals surface area contributed by atoms with E-state index in [1.807, 2.05) is 6.20 Å². The molecule has 1 N–H and O–H groups in total. The standard InChI is InChI=1S/C15H25N3O/c1-4-7-16-11-13-10-14(5-8-17-13)18(3)15-6-9-19-12(15)2/h5,8,10,12,15-16H,4,6-7,9,11H2,1-3H3. The first-order valence-electron chi connectivity index (χ1n) is 7.22. The van der Waals surface area contributed by atoms with Gasteiger partial charge in [0.15, 0.2) is 0 Å². The highest BCUT2D eigenvalue weighted by Gasteiger charge is 2.28. The van der Waals surface area contributed by atoms with Gasteiger partial charge in [0, 0.05) is 32.1 Å². The number of pyridine rings is 1. The van der Waals surface area contributed by atoms with Crippen molar-refractivity contribution in [3.05, 3.63) is 24.0 Å². The van der Waals surface area contributed by atoms with Gasteiger partial charge in [0.25, 0.3) is 0 Å². The first-order chi connectivity index (χ1) is 9.22. The SMILES string of the molecule is CCCNCc1cc(N(C)C2CCOC2C)ccn1. The first-order valence-corrected chi connectivity index (χ1v) is 7.22. The van der Waals surface area contributed by atoms with Gasteiger partial charge in [-0.1, -0.05) is 6.92 Å². The highest BCUT2D eigenvalue weighted by molar-refractivity contribution is 5.47. The van der Waals surface area contributed by atoms with Crippen molar-refractivity contribution in [3.63, 3.8) is 0 Å². The molecule has 2 heterocycles. The molecule has 1 aromatic rings. The lowest BCUT2D eigenvalue weighted by molar-refractivity contribution is 0.118. The van der Waals surface area contributed by atoms with Crippen LogP contribution in [0.3, 0.4) is 0 Å². The summed E-state index contributed by atoms with van der Waals surface area (Å²) >= 11 is 0. The molecular weight excluding hydrogens is 238 g/mol. The maximum Gasteiger partial charge on any atom is 0.0750 e. The number of anilines is 1. The second-order valence-corrected chi connectivity index (χ2v) is 5.22. The van der Waals surface area contributed by atoms with Gasteiger partial charge >= 0.3 is 0 Å². The molecule has 1 fully saturated rings. The summed E-state index contributed by atoms with van der Waals surface area (Å²) < 4.78 is 5.65. The third-order valence-corrected chi connectivity index (χ3v) is 3.77. The summed E-state index contributed by atoms with van der Waals surface area (Å²) in [6.07, 6.45) is 4.45. The Labute approximate surface area is 116 Å². The molecule has 106 valence electrons. The van der Waals surface area contributed by atoms with Gasteiger partial charge in [-0.05, 0) is 38.4 Å². The molecule has 4 nitrogen and oxygen atoms in total. The number of aromatic nitrogens is 1. The van der Waals surface area contributed by atoms with Crippen molar-refractivity contribution in [2.24, 2.45) is 0 Å². The summed E-state index contributed by atoms with van der Waals surface area (Å²) in [5, 5.41) is 3.39. The molecule has 4 heteroatoms.